The molecule has 3 heterocycles. The molecule has 5 heteroatoms. The van der Waals surface area contributed by atoms with Crippen LogP contribution in [0.15, 0.2) is 43.0 Å². The monoisotopic (exact) mass is 277 g/mol. The van der Waals surface area contributed by atoms with Gasteiger partial charge in [0.2, 0.25) is 0 Å². The van der Waals surface area contributed by atoms with Gasteiger partial charge in [-0.2, -0.15) is 0 Å². The van der Waals surface area contributed by atoms with Crippen LogP contribution in [0.4, 0.5) is 11.5 Å². The van der Waals surface area contributed by atoms with Crippen LogP contribution in [-0.2, 0) is 13.0 Å². The van der Waals surface area contributed by atoms with Gasteiger partial charge in [0.05, 0.1) is 24.1 Å². The third-order valence-electron chi connectivity index (χ3n) is 4.03. The molecule has 2 aromatic heterocycles. The number of hydrogen-bond acceptors (Lipinski definition) is 5. The molecular weight excluding hydrogens is 262 g/mol. The van der Waals surface area contributed by atoms with Crippen LogP contribution in [0.2, 0.25) is 0 Å². The first-order valence-corrected chi connectivity index (χ1v) is 6.99. The summed E-state index contributed by atoms with van der Waals surface area (Å²) in [4.78, 5) is 15.1. The minimum absolute atomic E-state index is 0.607. The van der Waals surface area contributed by atoms with Crippen molar-refractivity contribution in [1.82, 2.24) is 15.0 Å². The topological polar surface area (TPSA) is 67.9 Å². The zero-order chi connectivity index (χ0) is 14.2. The molecule has 0 unspecified atom stereocenters. The predicted octanol–water partition coefficient (Wildman–Crippen LogP) is 2.17. The summed E-state index contributed by atoms with van der Waals surface area (Å²) in [5.41, 5.74) is 9.18. The average Bonchev–Trinajstić information content (AvgIpc) is 2.54. The molecule has 3 aromatic rings. The highest BCUT2D eigenvalue weighted by Gasteiger charge is 2.21. The highest BCUT2D eigenvalue weighted by molar-refractivity contribution is 5.93. The summed E-state index contributed by atoms with van der Waals surface area (Å²) in [6.45, 7) is 1.65. The number of aromatic nitrogens is 3. The van der Waals surface area contributed by atoms with E-state index in [4.69, 9.17) is 5.73 Å². The minimum Gasteiger partial charge on any atom is -0.383 e. The van der Waals surface area contributed by atoms with E-state index in [0.29, 0.717) is 5.82 Å². The lowest BCUT2D eigenvalue weighted by Crippen LogP contribution is -2.32. The molecule has 0 radical (unpaired) electrons. The highest BCUT2D eigenvalue weighted by atomic mass is 15.2. The molecule has 0 saturated heterocycles. The van der Waals surface area contributed by atoms with Crippen molar-refractivity contribution >= 4 is 22.3 Å². The summed E-state index contributed by atoms with van der Waals surface area (Å²) >= 11 is 0. The number of benzene rings is 1. The van der Waals surface area contributed by atoms with Crippen molar-refractivity contribution in [2.75, 3.05) is 17.2 Å². The molecule has 0 fully saturated rings. The van der Waals surface area contributed by atoms with Gasteiger partial charge in [0, 0.05) is 29.1 Å². The molecule has 2 N–H and O–H groups in total. The van der Waals surface area contributed by atoms with E-state index in [0.717, 1.165) is 41.8 Å². The fourth-order valence-corrected chi connectivity index (χ4v) is 2.94. The van der Waals surface area contributed by atoms with E-state index < -0.39 is 0 Å². The van der Waals surface area contributed by atoms with Crippen molar-refractivity contribution in [3.8, 4) is 0 Å². The smallest absolute Gasteiger partial charge is 0.130 e. The number of hydrogen-bond donors (Lipinski definition) is 1. The van der Waals surface area contributed by atoms with E-state index in [2.05, 4.69) is 38.1 Å². The van der Waals surface area contributed by atoms with Crippen LogP contribution in [-0.4, -0.2) is 21.5 Å². The maximum atomic E-state index is 5.93. The Bertz CT molecular complexity index is 809. The normalized spacial score (nSPS) is 14.2. The lowest BCUT2D eigenvalue weighted by Gasteiger charge is -2.30. The standard InChI is InChI=1S/C16H15N5/c17-16-13-5-6-21(9-14(13)19-10-20-16)15-8-18-7-11-3-1-2-4-12(11)15/h1-4,7-8,10H,5-6,9H2,(H2,17,19,20). The van der Waals surface area contributed by atoms with E-state index in [1.807, 2.05) is 18.5 Å². The van der Waals surface area contributed by atoms with Crippen molar-refractivity contribution in [3.63, 3.8) is 0 Å². The SMILES string of the molecule is Nc1ncnc2c1CCN(c1cncc3ccccc13)C2. The van der Waals surface area contributed by atoms with Crippen LogP contribution in [0.25, 0.3) is 10.8 Å². The second kappa shape index (κ2) is 4.70. The third-order valence-corrected chi connectivity index (χ3v) is 4.03. The van der Waals surface area contributed by atoms with Crippen LogP contribution < -0.4 is 10.6 Å². The molecule has 1 aliphatic heterocycles. The Hall–Kier alpha value is -2.69. The Labute approximate surface area is 122 Å². The molecule has 104 valence electrons. The van der Waals surface area contributed by atoms with Crippen LogP contribution in [0.3, 0.4) is 0 Å². The van der Waals surface area contributed by atoms with Crippen LogP contribution in [0.5, 0.6) is 0 Å². The fourth-order valence-electron chi connectivity index (χ4n) is 2.94. The summed E-state index contributed by atoms with van der Waals surface area (Å²) in [7, 11) is 0. The highest BCUT2D eigenvalue weighted by Crippen LogP contribution is 2.30. The van der Waals surface area contributed by atoms with Crippen LogP contribution in [0, 0.1) is 0 Å². The lowest BCUT2D eigenvalue weighted by atomic mass is 10.0. The van der Waals surface area contributed by atoms with Gasteiger partial charge in [0.15, 0.2) is 0 Å². The van der Waals surface area contributed by atoms with Crippen LogP contribution in [0.1, 0.15) is 11.3 Å². The number of rotatable bonds is 1. The van der Waals surface area contributed by atoms with Crippen molar-refractivity contribution in [1.29, 1.82) is 0 Å². The van der Waals surface area contributed by atoms with Gasteiger partial charge in [0.25, 0.3) is 0 Å². The Kier molecular flexibility index (Phi) is 2.70. The van der Waals surface area contributed by atoms with E-state index in [1.165, 1.54) is 5.39 Å². The van der Waals surface area contributed by atoms with Crippen molar-refractivity contribution in [3.05, 3.63) is 54.2 Å². The van der Waals surface area contributed by atoms with Gasteiger partial charge in [-0.1, -0.05) is 24.3 Å². The summed E-state index contributed by atoms with van der Waals surface area (Å²) in [6, 6.07) is 8.32. The van der Waals surface area contributed by atoms with Crippen molar-refractivity contribution in [2.45, 2.75) is 13.0 Å². The quantitative estimate of drug-likeness (QED) is 0.738. The van der Waals surface area contributed by atoms with Gasteiger partial charge in [0.1, 0.15) is 12.1 Å². The van der Waals surface area contributed by atoms with Gasteiger partial charge < -0.3 is 10.6 Å². The molecule has 1 aromatic carbocycles. The Morgan fingerprint density at radius 1 is 1.10 bits per heavy atom. The van der Waals surface area contributed by atoms with Crippen molar-refractivity contribution < 1.29 is 0 Å². The Morgan fingerprint density at radius 2 is 2.00 bits per heavy atom. The lowest BCUT2D eigenvalue weighted by molar-refractivity contribution is 0.707. The number of anilines is 2. The first-order valence-electron chi connectivity index (χ1n) is 6.99. The Morgan fingerprint density at radius 3 is 2.95 bits per heavy atom. The molecule has 0 aliphatic carbocycles. The zero-order valence-electron chi connectivity index (χ0n) is 11.5. The predicted molar refractivity (Wildman–Crippen MR) is 82.9 cm³/mol. The average molecular weight is 277 g/mol. The zero-order valence-corrected chi connectivity index (χ0v) is 11.5. The summed E-state index contributed by atoms with van der Waals surface area (Å²) in [5, 5.41) is 2.38. The van der Waals surface area contributed by atoms with Gasteiger partial charge in [-0.25, -0.2) is 9.97 Å². The second-order valence-corrected chi connectivity index (χ2v) is 5.24. The first-order chi connectivity index (χ1) is 10.3. The maximum Gasteiger partial charge on any atom is 0.130 e. The van der Waals surface area contributed by atoms with E-state index >= 15 is 0 Å². The third kappa shape index (κ3) is 1.98. The molecule has 0 atom stereocenters. The van der Waals surface area contributed by atoms with Gasteiger partial charge in [-0.15, -0.1) is 0 Å². The van der Waals surface area contributed by atoms with E-state index in [-0.39, 0.29) is 0 Å². The minimum atomic E-state index is 0.607. The summed E-state index contributed by atoms with van der Waals surface area (Å²) < 4.78 is 0. The number of nitrogen functional groups attached to an aromatic ring is 1. The number of nitrogens with two attached hydrogens (primary N) is 1. The molecule has 1 aliphatic rings. The number of pyridine rings is 1. The molecule has 0 amide bonds. The number of fused-ring (bicyclic) bond motifs is 2. The van der Waals surface area contributed by atoms with Gasteiger partial charge in [-0.05, 0) is 6.42 Å². The van der Waals surface area contributed by atoms with Gasteiger partial charge in [-0.3, -0.25) is 4.98 Å². The first kappa shape index (κ1) is 12.1. The molecule has 21 heavy (non-hydrogen) atoms. The van der Waals surface area contributed by atoms with Gasteiger partial charge >= 0.3 is 0 Å². The summed E-state index contributed by atoms with van der Waals surface area (Å²) in [5.74, 6) is 0.607. The molecule has 0 bridgehead atoms. The summed E-state index contributed by atoms with van der Waals surface area (Å²) in [6.07, 6.45) is 6.24. The number of nitrogens with zero attached hydrogens (tertiary/aromatic N) is 4. The Balaban J connectivity index is 1.78. The van der Waals surface area contributed by atoms with E-state index in [1.54, 1.807) is 6.33 Å². The molecule has 4 rings (SSSR count). The van der Waals surface area contributed by atoms with Crippen molar-refractivity contribution in [2.24, 2.45) is 0 Å². The molecular formula is C16H15N5. The maximum absolute atomic E-state index is 5.93. The fraction of sp³-hybridized carbons (Fsp3) is 0.188. The molecule has 0 spiro atoms. The van der Waals surface area contributed by atoms with E-state index in [9.17, 15) is 0 Å². The molecule has 0 saturated carbocycles. The van der Waals surface area contributed by atoms with Crippen LogP contribution >= 0.6 is 0 Å². The molecule has 5 nitrogen and oxygen atoms in total. The largest absolute Gasteiger partial charge is 0.383 e. The second-order valence-electron chi connectivity index (χ2n) is 5.24.